The second-order valence-electron chi connectivity index (χ2n) is 4.03. The van der Waals surface area contributed by atoms with Crippen LogP contribution in [0.1, 0.15) is 11.7 Å². The summed E-state index contributed by atoms with van der Waals surface area (Å²) in [6.07, 6.45) is 2.03. The van der Waals surface area contributed by atoms with E-state index in [-0.39, 0.29) is 0 Å². The molecule has 3 rings (SSSR count). The van der Waals surface area contributed by atoms with E-state index in [2.05, 4.69) is 15.1 Å². The lowest BCUT2D eigenvalue weighted by Gasteiger charge is -2.05. The molecule has 2 aromatic heterocycles. The SMILES string of the molecule is ClCc1nc2cc(Cl)ccc2n1CCc1ncno1. The van der Waals surface area contributed by atoms with E-state index in [1.165, 1.54) is 6.33 Å². The molecule has 2 heterocycles. The molecule has 0 spiro atoms. The van der Waals surface area contributed by atoms with Crippen molar-refractivity contribution in [1.29, 1.82) is 0 Å². The number of hydrogen-bond donors (Lipinski definition) is 0. The second-order valence-corrected chi connectivity index (χ2v) is 4.74. The van der Waals surface area contributed by atoms with Gasteiger partial charge in [-0.25, -0.2) is 4.98 Å². The molecule has 0 radical (unpaired) electrons. The molecule has 7 heteroatoms. The minimum atomic E-state index is 0.343. The highest BCUT2D eigenvalue weighted by atomic mass is 35.5. The molecule has 5 nitrogen and oxygen atoms in total. The Morgan fingerprint density at radius 2 is 2.21 bits per heavy atom. The Morgan fingerprint density at radius 3 is 2.95 bits per heavy atom. The molecule has 0 saturated carbocycles. The molecule has 0 amide bonds. The van der Waals surface area contributed by atoms with Crippen LogP contribution < -0.4 is 0 Å². The molecule has 0 saturated heterocycles. The van der Waals surface area contributed by atoms with Gasteiger partial charge in [0.15, 0.2) is 6.33 Å². The van der Waals surface area contributed by atoms with Gasteiger partial charge in [0.05, 0.1) is 16.9 Å². The molecular formula is C12H10Cl2N4O. The van der Waals surface area contributed by atoms with Gasteiger partial charge in [-0.1, -0.05) is 16.8 Å². The first-order valence-electron chi connectivity index (χ1n) is 5.74. The summed E-state index contributed by atoms with van der Waals surface area (Å²) in [5.41, 5.74) is 1.84. The lowest BCUT2D eigenvalue weighted by atomic mass is 10.3. The zero-order chi connectivity index (χ0) is 13.2. The zero-order valence-corrected chi connectivity index (χ0v) is 11.4. The van der Waals surface area contributed by atoms with Crippen LogP contribution in [-0.2, 0) is 18.8 Å². The van der Waals surface area contributed by atoms with Crippen molar-refractivity contribution < 1.29 is 4.52 Å². The highest BCUT2D eigenvalue weighted by Crippen LogP contribution is 2.21. The number of imidazole rings is 1. The highest BCUT2D eigenvalue weighted by molar-refractivity contribution is 6.31. The minimum absolute atomic E-state index is 0.343. The molecule has 0 aliphatic carbocycles. The predicted octanol–water partition coefficient (Wildman–Crippen LogP) is 3.05. The van der Waals surface area contributed by atoms with Crippen LogP contribution in [0.4, 0.5) is 0 Å². The Bertz CT molecular complexity index is 693. The first kappa shape index (κ1) is 12.4. The summed E-state index contributed by atoms with van der Waals surface area (Å²) < 4.78 is 7.03. The predicted molar refractivity (Wildman–Crippen MR) is 72.3 cm³/mol. The number of nitrogens with zero attached hydrogens (tertiary/aromatic N) is 4. The van der Waals surface area contributed by atoms with Crippen LogP contribution >= 0.6 is 23.2 Å². The smallest absolute Gasteiger partial charge is 0.228 e. The number of rotatable bonds is 4. The quantitative estimate of drug-likeness (QED) is 0.694. The Kier molecular flexibility index (Phi) is 3.40. The third-order valence-corrected chi connectivity index (χ3v) is 3.34. The average Bonchev–Trinajstić information content (AvgIpc) is 3.02. The molecule has 0 aliphatic heterocycles. The van der Waals surface area contributed by atoms with Gasteiger partial charge in [0.25, 0.3) is 0 Å². The molecule has 1 aromatic carbocycles. The van der Waals surface area contributed by atoms with E-state index in [4.69, 9.17) is 27.7 Å². The van der Waals surface area contributed by atoms with E-state index in [9.17, 15) is 0 Å². The van der Waals surface area contributed by atoms with Crippen molar-refractivity contribution in [3.8, 4) is 0 Å². The van der Waals surface area contributed by atoms with E-state index >= 15 is 0 Å². The van der Waals surface area contributed by atoms with Gasteiger partial charge in [-0.05, 0) is 18.2 Å². The van der Waals surface area contributed by atoms with Crippen LogP contribution in [0.5, 0.6) is 0 Å². The first-order valence-corrected chi connectivity index (χ1v) is 6.65. The Balaban J connectivity index is 1.96. The Labute approximate surface area is 119 Å². The number of benzene rings is 1. The van der Waals surface area contributed by atoms with Crippen molar-refractivity contribution in [2.75, 3.05) is 0 Å². The van der Waals surface area contributed by atoms with Crippen LogP contribution in [0.15, 0.2) is 29.0 Å². The lowest BCUT2D eigenvalue weighted by molar-refractivity contribution is 0.371. The summed E-state index contributed by atoms with van der Waals surface area (Å²) in [6, 6.07) is 5.61. The molecule has 0 aliphatic rings. The fourth-order valence-electron chi connectivity index (χ4n) is 2.02. The molecule has 0 bridgehead atoms. The van der Waals surface area contributed by atoms with Gasteiger partial charge in [-0.15, -0.1) is 11.6 Å². The minimum Gasteiger partial charge on any atom is -0.340 e. The molecule has 98 valence electrons. The Hall–Kier alpha value is -1.59. The normalized spacial score (nSPS) is 11.3. The van der Waals surface area contributed by atoms with Crippen molar-refractivity contribution in [3.63, 3.8) is 0 Å². The molecular weight excluding hydrogens is 287 g/mol. The molecule has 0 atom stereocenters. The van der Waals surface area contributed by atoms with Crippen LogP contribution in [-0.4, -0.2) is 19.7 Å². The fourth-order valence-corrected chi connectivity index (χ4v) is 2.39. The second kappa shape index (κ2) is 5.19. The van der Waals surface area contributed by atoms with Crippen LogP contribution in [0.2, 0.25) is 5.02 Å². The lowest BCUT2D eigenvalue weighted by Crippen LogP contribution is -2.05. The number of hydrogen-bond acceptors (Lipinski definition) is 4. The summed E-state index contributed by atoms with van der Waals surface area (Å²) in [5.74, 6) is 1.74. The van der Waals surface area contributed by atoms with Crippen molar-refractivity contribution >= 4 is 34.2 Å². The van der Waals surface area contributed by atoms with Crippen molar-refractivity contribution in [3.05, 3.63) is 41.3 Å². The maximum atomic E-state index is 5.97. The van der Waals surface area contributed by atoms with Crippen LogP contribution in [0.3, 0.4) is 0 Å². The van der Waals surface area contributed by atoms with E-state index in [0.29, 0.717) is 29.8 Å². The zero-order valence-electron chi connectivity index (χ0n) is 9.88. The van der Waals surface area contributed by atoms with Gasteiger partial charge in [-0.2, -0.15) is 4.98 Å². The largest absolute Gasteiger partial charge is 0.340 e. The third-order valence-electron chi connectivity index (χ3n) is 2.87. The molecule has 0 unspecified atom stereocenters. The Morgan fingerprint density at radius 1 is 1.32 bits per heavy atom. The number of aryl methyl sites for hydroxylation is 2. The maximum Gasteiger partial charge on any atom is 0.228 e. The highest BCUT2D eigenvalue weighted by Gasteiger charge is 2.11. The monoisotopic (exact) mass is 296 g/mol. The molecule has 19 heavy (non-hydrogen) atoms. The summed E-state index contributed by atoms with van der Waals surface area (Å²) in [4.78, 5) is 8.47. The molecule has 3 aromatic rings. The van der Waals surface area contributed by atoms with Gasteiger partial charge in [-0.3, -0.25) is 0 Å². The van der Waals surface area contributed by atoms with Crippen LogP contribution in [0, 0.1) is 0 Å². The summed E-state index contributed by atoms with van der Waals surface area (Å²) in [7, 11) is 0. The van der Waals surface area contributed by atoms with E-state index in [1.54, 1.807) is 0 Å². The fraction of sp³-hybridized carbons (Fsp3) is 0.250. The van der Waals surface area contributed by atoms with Crippen LogP contribution in [0.25, 0.3) is 11.0 Å². The third kappa shape index (κ3) is 2.43. The number of aromatic nitrogens is 4. The van der Waals surface area contributed by atoms with E-state index in [0.717, 1.165) is 16.9 Å². The van der Waals surface area contributed by atoms with Crippen molar-refractivity contribution in [1.82, 2.24) is 19.7 Å². The van der Waals surface area contributed by atoms with Gasteiger partial charge < -0.3 is 9.09 Å². The average molecular weight is 297 g/mol. The van der Waals surface area contributed by atoms with Gasteiger partial charge >= 0.3 is 0 Å². The molecule has 0 N–H and O–H groups in total. The number of fused-ring (bicyclic) bond motifs is 1. The number of alkyl halides is 1. The van der Waals surface area contributed by atoms with E-state index in [1.807, 2.05) is 22.8 Å². The van der Waals surface area contributed by atoms with Crippen molar-refractivity contribution in [2.24, 2.45) is 0 Å². The number of halogens is 2. The first-order chi connectivity index (χ1) is 9.28. The summed E-state index contributed by atoms with van der Waals surface area (Å²) >= 11 is 11.9. The summed E-state index contributed by atoms with van der Waals surface area (Å²) in [5, 5.41) is 4.25. The summed E-state index contributed by atoms with van der Waals surface area (Å²) in [6.45, 7) is 0.683. The van der Waals surface area contributed by atoms with Crippen molar-refractivity contribution in [2.45, 2.75) is 18.8 Å². The molecule has 0 fully saturated rings. The van der Waals surface area contributed by atoms with Gasteiger partial charge in [0, 0.05) is 18.0 Å². The standard InChI is InChI=1S/C12H10Cl2N4O/c13-6-11-17-9-5-8(14)1-2-10(9)18(11)4-3-12-15-7-16-19-12/h1-2,5,7H,3-4,6H2. The van der Waals surface area contributed by atoms with Gasteiger partial charge in [0.1, 0.15) is 5.82 Å². The van der Waals surface area contributed by atoms with Gasteiger partial charge in [0.2, 0.25) is 5.89 Å². The van der Waals surface area contributed by atoms with E-state index < -0.39 is 0 Å². The topological polar surface area (TPSA) is 56.7 Å². The maximum absolute atomic E-state index is 5.97.